The predicted octanol–water partition coefficient (Wildman–Crippen LogP) is 1.64. The summed E-state index contributed by atoms with van der Waals surface area (Å²) >= 11 is 0. The van der Waals surface area contributed by atoms with Crippen LogP contribution in [0.25, 0.3) is 11.4 Å². The van der Waals surface area contributed by atoms with Crippen molar-refractivity contribution in [3.05, 3.63) is 100 Å². The number of rotatable bonds is 7. The average molecular weight is 434 g/mol. The second-order valence-corrected chi connectivity index (χ2v) is 6.87. The molecule has 1 unspecified atom stereocenters. The SMILES string of the molecule is NC(=O)c1nc(C(O)c2ccccc2-n2cnc([N+](=O)[O-])c2)cn1-c1ccccc1CO. The third kappa shape index (κ3) is 3.73. The van der Waals surface area contributed by atoms with Gasteiger partial charge in [0.05, 0.1) is 23.7 Å². The number of amides is 1. The molecule has 0 saturated carbocycles. The fourth-order valence-corrected chi connectivity index (χ4v) is 3.42. The van der Waals surface area contributed by atoms with Gasteiger partial charge in [-0.3, -0.25) is 13.9 Å². The first kappa shape index (κ1) is 20.9. The van der Waals surface area contributed by atoms with E-state index in [0.29, 0.717) is 22.5 Å². The van der Waals surface area contributed by atoms with E-state index in [-0.39, 0.29) is 23.9 Å². The normalized spacial score (nSPS) is 11.9. The molecule has 162 valence electrons. The topological polar surface area (TPSA) is 162 Å². The molecule has 0 radical (unpaired) electrons. The molecule has 0 aliphatic carbocycles. The van der Waals surface area contributed by atoms with Crippen LogP contribution >= 0.6 is 0 Å². The summed E-state index contributed by atoms with van der Waals surface area (Å²) in [5, 5.41) is 31.7. The molecule has 0 bridgehead atoms. The fraction of sp³-hybridized carbons (Fsp3) is 0.0952. The largest absolute Gasteiger partial charge is 0.392 e. The van der Waals surface area contributed by atoms with Crippen LogP contribution in [0.1, 0.15) is 33.5 Å². The Morgan fingerprint density at radius 3 is 2.47 bits per heavy atom. The van der Waals surface area contributed by atoms with Crippen molar-refractivity contribution in [3.8, 4) is 11.4 Å². The number of nitro groups is 1. The van der Waals surface area contributed by atoms with Gasteiger partial charge in [0, 0.05) is 17.3 Å². The van der Waals surface area contributed by atoms with Crippen molar-refractivity contribution >= 4 is 11.7 Å². The summed E-state index contributed by atoms with van der Waals surface area (Å²) in [7, 11) is 0. The first-order valence-corrected chi connectivity index (χ1v) is 9.44. The molecule has 0 aliphatic rings. The van der Waals surface area contributed by atoms with Crippen LogP contribution in [-0.2, 0) is 6.61 Å². The number of hydrogen-bond acceptors (Lipinski definition) is 7. The fourth-order valence-electron chi connectivity index (χ4n) is 3.42. The highest BCUT2D eigenvalue weighted by Gasteiger charge is 2.24. The molecule has 4 aromatic rings. The van der Waals surface area contributed by atoms with Crippen LogP contribution in [0, 0.1) is 10.1 Å². The van der Waals surface area contributed by atoms with Gasteiger partial charge in [-0.05, 0) is 22.0 Å². The maximum Gasteiger partial charge on any atom is 0.381 e. The minimum Gasteiger partial charge on any atom is -0.392 e. The highest BCUT2D eigenvalue weighted by atomic mass is 16.6. The number of aromatic nitrogens is 4. The molecule has 4 rings (SSSR count). The highest BCUT2D eigenvalue weighted by molar-refractivity contribution is 5.90. The van der Waals surface area contributed by atoms with Gasteiger partial charge in [0.2, 0.25) is 12.2 Å². The molecule has 1 atom stereocenters. The monoisotopic (exact) mass is 434 g/mol. The van der Waals surface area contributed by atoms with Crippen LogP contribution in [-0.4, -0.2) is 40.1 Å². The minimum atomic E-state index is -1.28. The Bertz CT molecular complexity index is 1310. The Labute approximate surface area is 181 Å². The van der Waals surface area contributed by atoms with E-state index in [1.807, 2.05) is 0 Å². The number of benzene rings is 2. The van der Waals surface area contributed by atoms with Gasteiger partial charge in [-0.1, -0.05) is 36.4 Å². The number of para-hydroxylation sites is 2. The van der Waals surface area contributed by atoms with Crippen LogP contribution in [0.5, 0.6) is 0 Å². The van der Waals surface area contributed by atoms with Crippen molar-refractivity contribution in [2.45, 2.75) is 12.7 Å². The van der Waals surface area contributed by atoms with E-state index in [2.05, 4.69) is 9.97 Å². The standard InChI is InChI=1S/C21H18N6O5/c22-20(30)21-24-15(9-26(21)16-7-3-1-5-13(16)11-28)19(29)14-6-2-4-8-17(14)25-10-18(23-12-25)27(31)32/h1-10,12,19,28-29H,11H2,(H2,22,30). The lowest BCUT2D eigenvalue weighted by molar-refractivity contribution is -0.389. The molecule has 0 spiro atoms. The number of nitrogens with two attached hydrogens (primary N) is 1. The summed E-state index contributed by atoms with van der Waals surface area (Å²) in [6.07, 6.45) is 2.69. The summed E-state index contributed by atoms with van der Waals surface area (Å²) < 4.78 is 2.83. The zero-order valence-corrected chi connectivity index (χ0v) is 16.6. The van der Waals surface area contributed by atoms with Gasteiger partial charge >= 0.3 is 5.82 Å². The van der Waals surface area contributed by atoms with Gasteiger partial charge in [0.1, 0.15) is 12.3 Å². The number of nitrogens with zero attached hydrogens (tertiary/aromatic N) is 5. The Morgan fingerprint density at radius 1 is 1.12 bits per heavy atom. The molecular formula is C21H18N6O5. The maximum absolute atomic E-state index is 12.0. The molecule has 2 heterocycles. The number of aliphatic hydroxyl groups excluding tert-OH is 2. The molecule has 0 fully saturated rings. The van der Waals surface area contributed by atoms with E-state index >= 15 is 0 Å². The lowest BCUT2D eigenvalue weighted by Crippen LogP contribution is -2.18. The van der Waals surface area contributed by atoms with Gasteiger partial charge in [-0.15, -0.1) is 0 Å². The number of imidazole rings is 2. The smallest absolute Gasteiger partial charge is 0.381 e. The molecule has 1 amide bonds. The summed E-state index contributed by atoms with van der Waals surface area (Å²) in [4.78, 5) is 30.4. The van der Waals surface area contributed by atoms with Crippen molar-refractivity contribution in [2.75, 3.05) is 0 Å². The molecule has 11 heteroatoms. The van der Waals surface area contributed by atoms with Crippen molar-refractivity contribution in [3.63, 3.8) is 0 Å². The third-order valence-corrected chi connectivity index (χ3v) is 4.91. The average Bonchev–Trinajstić information content (AvgIpc) is 3.47. The quantitative estimate of drug-likeness (QED) is 0.294. The Balaban J connectivity index is 1.80. The van der Waals surface area contributed by atoms with E-state index in [1.165, 1.54) is 27.9 Å². The van der Waals surface area contributed by atoms with Crippen LogP contribution in [0.3, 0.4) is 0 Å². The maximum atomic E-state index is 12.0. The lowest BCUT2D eigenvalue weighted by Gasteiger charge is -2.14. The molecule has 2 aromatic heterocycles. The van der Waals surface area contributed by atoms with Crippen molar-refractivity contribution in [2.24, 2.45) is 5.73 Å². The van der Waals surface area contributed by atoms with E-state index < -0.39 is 16.9 Å². The lowest BCUT2D eigenvalue weighted by atomic mass is 10.0. The predicted molar refractivity (Wildman–Crippen MR) is 112 cm³/mol. The molecule has 2 aromatic carbocycles. The van der Waals surface area contributed by atoms with Crippen LogP contribution in [0.2, 0.25) is 0 Å². The summed E-state index contributed by atoms with van der Waals surface area (Å²) in [6, 6.07) is 13.6. The summed E-state index contributed by atoms with van der Waals surface area (Å²) in [6.45, 7) is -0.271. The molecule has 0 saturated heterocycles. The molecule has 32 heavy (non-hydrogen) atoms. The van der Waals surface area contributed by atoms with Crippen LogP contribution < -0.4 is 5.73 Å². The van der Waals surface area contributed by atoms with E-state index in [4.69, 9.17) is 5.73 Å². The van der Waals surface area contributed by atoms with E-state index in [0.717, 1.165) is 0 Å². The van der Waals surface area contributed by atoms with Crippen molar-refractivity contribution in [1.82, 2.24) is 19.1 Å². The molecule has 0 aliphatic heterocycles. The Morgan fingerprint density at radius 2 is 1.81 bits per heavy atom. The minimum absolute atomic E-state index is 0.115. The number of carbonyl (C=O) groups excluding carboxylic acids is 1. The molecular weight excluding hydrogens is 416 g/mol. The Hall–Kier alpha value is -4.35. The van der Waals surface area contributed by atoms with Gasteiger partial charge in [0.15, 0.2) is 0 Å². The van der Waals surface area contributed by atoms with Crippen LogP contribution in [0.4, 0.5) is 5.82 Å². The number of primary amides is 1. The number of aliphatic hydroxyl groups is 2. The summed E-state index contributed by atoms with van der Waals surface area (Å²) in [5.41, 5.74) is 7.51. The first-order valence-electron chi connectivity index (χ1n) is 9.44. The Kier molecular flexibility index (Phi) is 5.50. The molecule has 11 nitrogen and oxygen atoms in total. The van der Waals surface area contributed by atoms with Gasteiger partial charge < -0.3 is 26.1 Å². The van der Waals surface area contributed by atoms with Gasteiger partial charge in [0.25, 0.3) is 5.91 Å². The van der Waals surface area contributed by atoms with E-state index in [9.17, 15) is 25.1 Å². The molecule has 4 N–H and O–H groups in total. The van der Waals surface area contributed by atoms with Gasteiger partial charge in [-0.2, -0.15) is 0 Å². The zero-order chi connectivity index (χ0) is 22.8. The van der Waals surface area contributed by atoms with Crippen molar-refractivity contribution < 1.29 is 19.9 Å². The highest BCUT2D eigenvalue weighted by Crippen LogP contribution is 2.29. The van der Waals surface area contributed by atoms with Crippen molar-refractivity contribution in [1.29, 1.82) is 0 Å². The summed E-state index contributed by atoms with van der Waals surface area (Å²) in [5.74, 6) is -1.26. The zero-order valence-electron chi connectivity index (χ0n) is 16.6. The second kappa shape index (κ2) is 8.41. The second-order valence-electron chi connectivity index (χ2n) is 6.87. The van der Waals surface area contributed by atoms with E-state index in [1.54, 1.807) is 48.5 Å². The number of hydrogen-bond donors (Lipinski definition) is 3. The number of carbonyl (C=O) groups is 1. The first-order chi connectivity index (χ1) is 15.4. The third-order valence-electron chi connectivity index (χ3n) is 4.91. The van der Waals surface area contributed by atoms with Crippen LogP contribution in [0.15, 0.2) is 67.3 Å². The van der Waals surface area contributed by atoms with Gasteiger partial charge in [-0.25, -0.2) is 4.98 Å².